The van der Waals surface area contributed by atoms with Crippen LogP contribution in [0.4, 0.5) is 17.6 Å². The Hall–Kier alpha value is -2.52. The summed E-state index contributed by atoms with van der Waals surface area (Å²) in [7, 11) is 1.61. The zero-order chi connectivity index (χ0) is 24.8. The molecule has 0 atom stereocenters. The van der Waals surface area contributed by atoms with E-state index in [-0.39, 0.29) is 43.0 Å². The zero-order valence-corrected chi connectivity index (χ0v) is 19.9. The van der Waals surface area contributed by atoms with Gasteiger partial charge in [-0.25, -0.2) is 14.1 Å². The molecule has 0 saturated carbocycles. The highest BCUT2D eigenvalue weighted by atomic mass is 35.5. The normalized spacial score (nSPS) is 11.7. The third-order valence-corrected chi connectivity index (χ3v) is 5.85. The highest BCUT2D eigenvalue weighted by molar-refractivity contribution is 6.37. The molecule has 12 heteroatoms. The predicted octanol–water partition coefficient (Wildman–Crippen LogP) is 8.71. The average Bonchev–Trinajstić information content (AvgIpc) is 3.11. The van der Waals surface area contributed by atoms with Gasteiger partial charge in [-0.3, -0.25) is 0 Å². The number of aromatic nitrogens is 3. The highest BCUT2D eigenvalue weighted by Crippen LogP contribution is 2.43. The van der Waals surface area contributed by atoms with Crippen molar-refractivity contribution >= 4 is 46.4 Å². The molecule has 0 spiro atoms. The molecule has 4 nitrogen and oxygen atoms in total. The largest absolute Gasteiger partial charge is 0.453 e. The van der Waals surface area contributed by atoms with Gasteiger partial charge < -0.3 is 4.74 Å². The van der Waals surface area contributed by atoms with Crippen LogP contribution in [0.15, 0.2) is 48.5 Å². The maximum absolute atomic E-state index is 14.3. The van der Waals surface area contributed by atoms with Gasteiger partial charge >= 0.3 is 6.18 Å². The molecule has 3 aromatic carbocycles. The van der Waals surface area contributed by atoms with E-state index in [9.17, 15) is 17.6 Å². The van der Waals surface area contributed by atoms with Gasteiger partial charge in [0.15, 0.2) is 17.4 Å². The standard InChI is InChI=1S/C22H11Cl4F4N3O/c1-33-21(31-20(32-33)18-12(23)3-2-4-16(18)27)10-5-6-17(13(24)7-10)34-19-14(25)8-11(9-15(19)26)22(28,29)30/h2-9H,1H3. The summed E-state index contributed by atoms with van der Waals surface area (Å²) in [5, 5.41) is 3.81. The van der Waals surface area contributed by atoms with Crippen LogP contribution in [0.3, 0.4) is 0 Å². The van der Waals surface area contributed by atoms with Crippen molar-refractivity contribution in [2.45, 2.75) is 6.18 Å². The molecule has 4 rings (SSSR count). The summed E-state index contributed by atoms with van der Waals surface area (Å²) in [5.74, 6) is -0.222. The van der Waals surface area contributed by atoms with E-state index in [0.29, 0.717) is 23.5 Å². The van der Waals surface area contributed by atoms with Gasteiger partial charge in [-0.05, 0) is 42.5 Å². The van der Waals surface area contributed by atoms with E-state index in [0.717, 1.165) is 0 Å². The van der Waals surface area contributed by atoms with Crippen LogP contribution in [0.2, 0.25) is 20.1 Å². The van der Waals surface area contributed by atoms with Crippen LogP contribution >= 0.6 is 46.4 Å². The lowest BCUT2D eigenvalue weighted by Gasteiger charge is -2.14. The minimum Gasteiger partial charge on any atom is -0.453 e. The molecule has 0 unspecified atom stereocenters. The van der Waals surface area contributed by atoms with Gasteiger partial charge in [-0.2, -0.15) is 18.3 Å². The van der Waals surface area contributed by atoms with Crippen molar-refractivity contribution in [1.82, 2.24) is 14.8 Å². The number of ether oxygens (including phenoxy) is 1. The van der Waals surface area contributed by atoms with Gasteiger partial charge in [0.2, 0.25) is 0 Å². The quantitative estimate of drug-likeness (QED) is 0.238. The molecule has 0 bridgehead atoms. The second-order valence-electron chi connectivity index (χ2n) is 6.99. The van der Waals surface area contributed by atoms with Crippen molar-refractivity contribution in [3.63, 3.8) is 0 Å². The van der Waals surface area contributed by atoms with Gasteiger partial charge in [0.1, 0.15) is 11.6 Å². The van der Waals surface area contributed by atoms with Crippen LogP contribution in [-0.4, -0.2) is 14.8 Å². The molecule has 1 aromatic heterocycles. The second kappa shape index (κ2) is 9.26. The molecule has 1 heterocycles. The maximum atomic E-state index is 14.3. The van der Waals surface area contributed by atoms with Crippen LogP contribution in [0.25, 0.3) is 22.8 Å². The van der Waals surface area contributed by atoms with Crippen molar-refractivity contribution in [1.29, 1.82) is 0 Å². The smallest absolute Gasteiger partial charge is 0.416 e. The summed E-state index contributed by atoms with van der Waals surface area (Å²) in [6.45, 7) is 0. The summed E-state index contributed by atoms with van der Waals surface area (Å²) in [6.07, 6.45) is -4.62. The molecule has 0 aliphatic carbocycles. The second-order valence-corrected chi connectivity index (χ2v) is 8.62. The Labute approximate surface area is 210 Å². The van der Waals surface area contributed by atoms with Crippen LogP contribution in [-0.2, 0) is 13.2 Å². The molecule has 176 valence electrons. The molecule has 0 fully saturated rings. The highest BCUT2D eigenvalue weighted by Gasteiger charge is 2.32. The van der Waals surface area contributed by atoms with Crippen LogP contribution in [0.5, 0.6) is 11.5 Å². The molecular formula is C22H11Cl4F4N3O. The molecule has 0 N–H and O–H groups in total. The number of halogens is 8. The van der Waals surface area contributed by atoms with Crippen molar-refractivity contribution < 1.29 is 22.3 Å². The van der Waals surface area contributed by atoms with Crippen molar-refractivity contribution in [2.75, 3.05) is 0 Å². The molecular weight excluding hydrogens is 540 g/mol. The summed E-state index contributed by atoms with van der Waals surface area (Å²) < 4.78 is 60.1. The summed E-state index contributed by atoms with van der Waals surface area (Å²) >= 11 is 24.4. The molecule has 0 saturated heterocycles. The van der Waals surface area contributed by atoms with Gasteiger partial charge in [-0.15, -0.1) is 0 Å². The van der Waals surface area contributed by atoms with E-state index in [1.807, 2.05) is 0 Å². The molecule has 0 aliphatic heterocycles. The Balaban J connectivity index is 1.66. The van der Waals surface area contributed by atoms with Crippen LogP contribution < -0.4 is 4.74 Å². The lowest BCUT2D eigenvalue weighted by atomic mass is 10.2. The van der Waals surface area contributed by atoms with Crippen LogP contribution in [0, 0.1) is 5.82 Å². The first-order chi connectivity index (χ1) is 16.0. The van der Waals surface area contributed by atoms with E-state index in [1.165, 1.54) is 35.0 Å². The van der Waals surface area contributed by atoms with Gasteiger partial charge in [0.25, 0.3) is 0 Å². The number of rotatable bonds is 4. The van der Waals surface area contributed by atoms with Crippen molar-refractivity contribution in [3.05, 3.63) is 80.0 Å². The lowest BCUT2D eigenvalue weighted by Crippen LogP contribution is -2.05. The van der Waals surface area contributed by atoms with E-state index in [4.69, 9.17) is 51.1 Å². The Morgan fingerprint density at radius 2 is 1.56 bits per heavy atom. The molecule has 0 radical (unpaired) electrons. The monoisotopic (exact) mass is 549 g/mol. The number of aryl methyl sites for hydroxylation is 1. The van der Waals surface area contributed by atoms with Crippen LogP contribution in [0.1, 0.15) is 5.56 Å². The zero-order valence-electron chi connectivity index (χ0n) is 16.9. The topological polar surface area (TPSA) is 39.9 Å². The summed E-state index contributed by atoms with van der Waals surface area (Å²) in [4.78, 5) is 4.37. The SMILES string of the molecule is Cn1nc(-c2c(F)cccc2Cl)nc1-c1ccc(Oc2c(Cl)cc(C(F)(F)F)cc2Cl)c(Cl)c1. The molecule has 34 heavy (non-hydrogen) atoms. The molecule has 4 aromatic rings. The molecule has 0 amide bonds. The Morgan fingerprint density at radius 3 is 2.15 bits per heavy atom. The minimum atomic E-state index is -4.62. The van der Waals surface area contributed by atoms with Crippen molar-refractivity contribution in [2.24, 2.45) is 7.05 Å². The first-order valence-electron chi connectivity index (χ1n) is 9.35. The van der Waals surface area contributed by atoms with E-state index in [2.05, 4.69) is 10.1 Å². The van der Waals surface area contributed by atoms with Crippen molar-refractivity contribution in [3.8, 4) is 34.3 Å². The number of hydrogen-bond donors (Lipinski definition) is 0. The number of hydrogen-bond acceptors (Lipinski definition) is 3. The Morgan fingerprint density at radius 1 is 0.882 bits per heavy atom. The fourth-order valence-electron chi connectivity index (χ4n) is 3.11. The first-order valence-corrected chi connectivity index (χ1v) is 10.9. The fourth-order valence-corrected chi connectivity index (χ4v) is 4.14. The third-order valence-electron chi connectivity index (χ3n) is 4.68. The predicted molar refractivity (Wildman–Crippen MR) is 123 cm³/mol. The number of nitrogens with zero attached hydrogens (tertiary/aromatic N) is 3. The van der Waals surface area contributed by atoms with Gasteiger partial charge in [0, 0.05) is 12.6 Å². The minimum absolute atomic E-state index is 0.0589. The Bertz CT molecular complexity index is 1360. The number of benzene rings is 3. The maximum Gasteiger partial charge on any atom is 0.416 e. The van der Waals surface area contributed by atoms with E-state index >= 15 is 0 Å². The van der Waals surface area contributed by atoms with E-state index in [1.54, 1.807) is 13.1 Å². The Kier molecular flexibility index (Phi) is 6.70. The first kappa shape index (κ1) is 24.6. The lowest BCUT2D eigenvalue weighted by molar-refractivity contribution is -0.137. The van der Waals surface area contributed by atoms with E-state index < -0.39 is 17.6 Å². The summed E-state index contributed by atoms with van der Waals surface area (Å²) in [5.41, 5.74) is -0.441. The van der Waals surface area contributed by atoms with Gasteiger partial charge in [0.05, 0.1) is 31.2 Å². The van der Waals surface area contributed by atoms with Gasteiger partial charge in [-0.1, -0.05) is 52.5 Å². The third kappa shape index (κ3) is 4.81. The average molecular weight is 551 g/mol. The molecule has 0 aliphatic rings. The summed E-state index contributed by atoms with van der Waals surface area (Å²) in [6, 6.07) is 10.2. The number of alkyl halides is 3. The fraction of sp³-hybridized carbons (Fsp3) is 0.0909.